The molecule has 3 rings (SSSR count). The molecule has 27 heavy (non-hydrogen) atoms. The average Bonchev–Trinajstić information content (AvgIpc) is 3.06. The number of benzene rings is 2. The molecular weight excluding hydrogens is 384 g/mol. The van der Waals surface area contributed by atoms with Crippen molar-refractivity contribution in [3.63, 3.8) is 0 Å². The second kappa shape index (κ2) is 8.69. The maximum Gasteiger partial charge on any atom is 0.240 e. The van der Waals surface area contributed by atoms with Gasteiger partial charge in [0, 0.05) is 19.0 Å². The standard InChI is InChI=1S/C19H22N2O4S2/c1-3-24-16-10-9-14(13-17(16)25-4-2)27(22,23)20-12-11-19-21-15-7-5-6-8-18(15)26-19/h5-10,13,20H,3-4,11-12H2,1-2H3. The molecule has 0 radical (unpaired) electrons. The van der Waals surface area contributed by atoms with Gasteiger partial charge in [-0.05, 0) is 38.1 Å². The monoisotopic (exact) mass is 406 g/mol. The first-order valence-electron chi connectivity index (χ1n) is 8.77. The molecule has 0 bridgehead atoms. The Morgan fingerprint density at radius 1 is 1.04 bits per heavy atom. The van der Waals surface area contributed by atoms with Crippen LogP contribution in [0, 0.1) is 0 Å². The van der Waals surface area contributed by atoms with Crippen molar-refractivity contribution >= 4 is 31.6 Å². The molecule has 8 heteroatoms. The number of para-hydroxylation sites is 1. The summed E-state index contributed by atoms with van der Waals surface area (Å²) >= 11 is 1.58. The quantitative estimate of drug-likeness (QED) is 0.587. The number of aromatic nitrogens is 1. The number of nitrogens with zero attached hydrogens (tertiary/aromatic N) is 1. The molecular formula is C19H22N2O4S2. The number of fused-ring (bicyclic) bond motifs is 1. The summed E-state index contributed by atoms with van der Waals surface area (Å²) in [5, 5.41) is 0.903. The van der Waals surface area contributed by atoms with Crippen LogP contribution in [0.5, 0.6) is 11.5 Å². The number of hydrogen-bond donors (Lipinski definition) is 1. The predicted octanol–water partition coefficient (Wildman–Crippen LogP) is 3.61. The van der Waals surface area contributed by atoms with E-state index in [0.29, 0.717) is 31.1 Å². The van der Waals surface area contributed by atoms with Gasteiger partial charge in [0.25, 0.3) is 0 Å². The largest absolute Gasteiger partial charge is 0.490 e. The fraction of sp³-hybridized carbons (Fsp3) is 0.316. The van der Waals surface area contributed by atoms with Gasteiger partial charge in [0.2, 0.25) is 10.0 Å². The minimum absolute atomic E-state index is 0.152. The number of ether oxygens (including phenoxy) is 2. The molecule has 0 spiro atoms. The summed E-state index contributed by atoms with van der Waals surface area (Å²) in [7, 11) is -3.64. The van der Waals surface area contributed by atoms with E-state index in [0.717, 1.165) is 15.2 Å². The van der Waals surface area contributed by atoms with Crippen molar-refractivity contribution in [3.05, 3.63) is 47.5 Å². The number of sulfonamides is 1. The van der Waals surface area contributed by atoms with E-state index < -0.39 is 10.0 Å². The van der Waals surface area contributed by atoms with Gasteiger partial charge in [-0.2, -0.15) is 0 Å². The van der Waals surface area contributed by atoms with Gasteiger partial charge >= 0.3 is 0 Å². The van der Waals surface area contributed by atoms with E-state index >= 15 is 0 Å². The van der Waals surface area contributed by atoms with E-state index in [1.807, 2.05) is 38.1 Å². The van der Waals surface area contributed by atoms with Crippen LogP contribution in [-0.4, -0.2) is 33.2 Å². The van der Waals surface area contributed by atoms with Crippen LogP contribution >= 0.6 is 11.3 Å². The van der Waals surface area contributed by atoms with Crippen LogP contribution in [0.15, 0.2) is 47.4 Å². The Balaban J connectivity index is 1.69. The van der Waals surface area contributed by atoms with Crippen LogP contribution in [0.3, 0.4) is 0 Å². The van der Waals surface area contributed by atoms with Gasteiger partial charge in [-0.15, -0.1) is 11.3 Å². The van der Waals surface area contributed by atoms with Gasteiger partial charge in [-0.3, -0.25) is 0 Å². The lowest BCUT2D eigenvalue weighted by Crippen LogP contribution is -2.26. The summed E-state index contributed by atoms with van der Waals surface area (Å²) in [6, 6.07) is 12.5. The zero-order valence-electron chi connectivity index (χ0n) is 15.3. The lowest BCUT2D eigenvalue weighted by atomic mass is 10.3. The van der Waals surface area contributed by atoms with E-state index in [2.05, 4.69) is 9.71 Å². The highest BCUT2D eigenvalue weighted by atomic mass is 32.2. The Labute approximate surface area is 163 Å². The maximum atomic E-state index is 12.6. The molecule has 0 aliphatic heterocycles. The molecule has 1 heterocycles. The summed E-state index contributed by atoms with van der Waals surface area (Å²) in [5.74, 6) is 0.959. The lowest BCUT2D eigenvalue weighted by molar-refractivity contribution is 0.287. The van der Waals surface area contributed by atoms with Crippen molar-refractivity contribution in [2.24, 2.45) is 0 Å². The molecule has 1 aromatic heterocycles. The highest BCUT2D eigenvalue weighted by Crippen LogP contribution is 2.30. The summed E-state index contributed by atoms with van der Waals surface area (Å²) in [4.78, 5) is 4.67. The third-order valence-corrected chi connectivity index (χ3v) is 6.35. The van der Waals surface area contributed by atoms with E-state index in [-0.39, 0.29) is 11.4 Å². The second-order valence-corrected chi connectivity index (χ2v) is 8.58. The van der Waals surface area contributed by atoms with Gasteiger partial charge < -0.3 is 9.47 Å². The number of nitrogens with one attached hydrogen (secondary N) is 1. The molecule has 0 aliphatic rings. The topological polar surface area (TPSA) is 77.5 Å². The van der Waals surface area contributed by atoms with Crippen LogP contribution in [0.2, 0.25) is 0 Å². The fourth-order valence-corrected chi connectivity index (χ4v) is 4.61. The van der Waals surface area contributed by atoms with E-state index in [1.165, 1.54) is 12.1 Å². The summed E-state index contributed by atoms with van der Waals surface area (Å²) < 4.78 is 39.9. The molecule has 0 atom stereocenters. The van der Waals surface area contributed by atoms with Gasteiger partial charge in [0.1, 0.15) is 0 Å². The molecule has 1 N–H and O–H groups in total. The third kappa shape index (κ3) is 4.77. The maximum absolute atomic E-state index is 12.6. The Kier molecular flexibility index (Phi) is 6.30. The summed E-state index contributed by atoms with van der Waals surface area (Å²) in [6.07, 6.45) is 0.536. The van der Waals surface area contributed by atoms with Crippen molar-refractivity contribution in [3.8, 4) is 11.5 Å². The molecule has 0 fully saturated rings. The molecule has 0 aliphatic carbocycles. The Bertz CT molecular complexity index is 982. The Hall–Kier alpha value is -2.16. The predicted molar refractivity (Wildman–Crippen MR) is 107 cm³/mol. The SMILES string of the molecule is CCOc1ccc(S(=O)(=O)NCCc2nc3ccccc3s2)cc1OCC. The van der Waals surface area contributed by atoms with Crippen molar-refractivity contribution in [1.29, 1.82) is 0 Å². The van der Waals surface area contributed by atoms with Crippen molar-refractivity contribution in [2.45, 2.75) is 25.2 Å². The van der Waals surface area contributed by atoms with Gasteiger partial charge in [0.05, 0.1) is 33.3 Å². The lowest BCUT2D eigenvalue weighted by Gasteiger charge is -2.13. The Morgan fingerprint density at radius 2 is 1.78 bits per heavy atom. The van der Waals surface area contributed by atoms with Gasteiger partial charge in [-0.1, -0.05) is 12.1 Å². The zero-order chi connectivity index (χ0) is 19.3. The van der Waals surface area contributed by atoms with Crippen LogP contribution in [0.1, 0.15) is 18.9 Å². The highest BCUT2D eigenvalue weighted by molar-refractivity contribution is 7.89. The number of rotatable bonds is 9. The molecule has 0 unspecified atom stereocenters. The Morgan fingerprint density at radius 3 is 2.52 bits per heavy atom. The minimum Gasteiger partial charge on any atom is -0.490 e. The first kappa shape index (κ1) is 19.6. The van der Waals surface area contributed by atoms with Crippen molar-refractivity contribution in [1.82, 2.24) is 9.71 Å². The summed E-state index contributed by atoms with van der Waals surface area (Å²) in [5.41, 5.74) is 0.938. The van der Waals surface area contributed by atoms with Crippen LogP contribution < -0.4 is 14.2 Å². The summed E-state index contributed by atoms with van der Waals surface area (Å²) in [6.45, 7) is 4.89. The third-order valence-electron chi connectivity index (χ3n) is 3.79. The molecule has 6 nitrogen and oxygen atoms in total. The molecule has 0 saturated carbocycles. The molecule has 0 amide bonds. The number of thiazole rings is 1. The van der Waals surface area contributed by atoms with Gasteiger partial charge in [-0.25, -0.2) is 18.1 Å². The van der Waals surface area contributed by atoms with Crippen LogP contribution in [-0.2, 0) is 16.4 Å². The zero-order valence-corrected chi connectivity index (χ0v) is 16.9. The van der Waals surface area contributed by atoms with Crippen molar-refractivity contribution < 1.29 is 17.9 Å². The van der Waals surface area contributed by atoms with Crippen molar-refractivity contribution in [2.75, 3.05) is 19.8 Å². The fourth-order valence-electron chi connectivity index (χ4n) is 2.60. The normalized spacial score (nSPS) is 11.6. The first-order valence-corrected chi connectivity index (χ1v) is 11.1. The number of hydrogen-bond acceptors (Lipinski definition) is 6. The highest BCUT2D eigenvalue weighted by Gasteiger charge is 2.17. The van der Waals surface area contributed by atoms with Crippen LogP contribution in [0.4, 0.5) is 0 Å². The molecule has 3 aromatic rings. The van der Waals surface area contributed by atoms with E-state index in [9.17, 15) is 8.42 Å². The molecule has 0 saturated heterocycles. The second-order valence-electron chi connectivity index (χ2n) is 5.70. The van der Waals surface area contributed by atoms with Crippen LogP contribution in [0.25, 0.3) is 10.2 Å². The molecule has 2 aromatic carbocycles. The van der Waals surface area contributed by atoms with E-state index in [1.54, 1.807) is 17.4 Å². The molecule has 144 valence electrons. The minimum atomic E-state index is -3.64. The van der Waals surface area contributed by atoms with E-state index in [4.69, 9.17) is 9.47 Å². The van der Waals surface area contributed by atoms with Gasteiger partial charge in [0.15, 0.2) is 11.5 Å². The average molecular weight is 407 g/mol. The smallest absolute Gasteiger partial charge is 0.240 e. The first-order chi connectivity index (χ1) is 13.0.